The van der Waals surface area contributed by atoms with Crippen LogP contribution in [0.2, 0.25) is 0 Å². The van der Waals surface area contributed by atoms with Crippen LogP contribution in [0, 0.1) is 5.92 Å². The van der Waals surface area contributed by atoms with Crippen LogP contribution in [0.3, 0.4) is 0 Å². The minimum absolute atomic E-state index is 0.440. The first-order valence-electron chi connectivity index (χ1n) is 5.31. The fourth-order valence-corrected chi connectivity index (χ4v) is 1.95. The highest BCUT2D eigenvalue weighted by Crippen LogP contribution is 2.27. The van der Waals surface area contributed by atoms with E-state index in [0.717, 1.165) is 26.0 Å². The predicted molar refractivity (Wildman–Crippen MR) is 55.6 cm³/mol. The van der Waals surface area contributed by atoms with E-state index < -0.39 is 0 Å². The van der Waals surface area contributed by atoms with Gasteiger partial charge < -0.3 is 10.5 Å². The molecule has 2 nitrogen and oxygen atoms in total. The molecule has 0 radical (unpaired) electrons. The van der Waals surface area contributed by atoms with E-state index in [1.165, 1.54) is 19.3 Å². The Morgan fingerprint density at radius 1 is 1.46 bits per heavy atom. The molecule has 0 heterocycles. The Bertz CT molecular complexity index is 147. The van der Waals surface area contributed by atoms with E-state index >= 15 is 0 Å². The highest BCUT2D eigenvalue weighted by Gasteiger charge is 2.26. The molecule has 0 saturated heterocycles. The number of unbranched alkanes of at least 4 members (excludes halogenated alkanes) is 1. The first kappa shape index (κ1) is 10.7. The summed E-state index contributed by atoms with van der Waals surface area (Å²) >= 11 is 0. The molecule has 1 fully saturated rings. The topological polar surface area (TPSA) is 35.2 Å². The molecule has 2 unspecified atom stereocenters. The van der Waals surface area contributed by atoms with Gasteiger partial charge in [-0.15, -0.1) is 6.58 Å². The van der Waals surface area contributed by atoms with Crippen LogP contribution in [-0.4, -0.2) is 19.3 Å². The Labute approximate surface area is 81.1 Å². The molecule has 13 heavy (non-hydrogen) atoms. The molecule has 1 aliphatic rings. The Morgan fingerprint density at radius 2 is 2.31 bits per heavy atom. The number of allylic oxidation sites excluding steroid dienone is 1. The molecular formula is C11H21NO. The van der Waals surface area contributed by atoms with Crippen molar-refractivity contribution in [3.8, 4) is 0 Å². The monoisotopic (exact) mass is 183 g/mol. The molecular weight excluding hydrogens is 162 g/mol. The molecule has 2 atom stereocenters. The maximum atomic E-state index is 5.78. The van der Waals surface area contributed by atoms with Gasteiger partial charge in [0, 0.05) is 6.61 Å². The van der Waals surface area contributed by atoms with Crippen molar-refractivity contribution in [2.24, 2.45) is 11.7 Å². The fraction of sp³-hybridized carbons (Fsp3) is 0.818. The maximum Gasteiger partial charge on any atom is 0.0615 e. The lowest BCUT2D eigenvalue weighted by Crippen LogP contribution is -2.25. The lowest BCUT2D eigenvalue weighted by Gasteiger charge is -2.18. The van der Waals surface area contributed by atoms with Gasteiger partial charge in [-0.3, -0.25) is 0 Å². The van der Waals surface area contributed by atoms with Crippen LogP contribution in [0.1, 0.15) is 32.1 Å². The van der Waals surface area contributed by atoms with Crippen LogP contribution < -0.4 is 5.73 Å². The number of hydrogen-bond donors (Lipinski definition) is 1. The largest absolute Gasteiger partial charge is 0.378 e. The van der Waals surface area contributed by atoms with Crippen molar-refractivity contribution in [3.63, 3.8) is 0 Å². The second kappa shape index (κ2) is 6.17. The molecule has 0 aliphatic heterocycles. The summed E-state index contributed by atoms with van der Waals surface area (Å²) in [5.41, 5.74) is 5.66. The number of rotatable bonds is 6. The van der Waals surface area contributed by atoms with E-state index in [2.05, 4.69) is 6.58 Å². The minimum atomic E-state index is 0.440. The number of nitrogens with two attached hydrogens (primary N) is 1. The molecule has 2 heteroatoms. The lowest BCUT2D eigenvalue weighted by atomic mass is 10.1. The summed E-state index contributed by atoms with van der Waals surface area (Å²) in [6.45, 7) is 5.34. The quantitative estimate of drug-likeness (QED) is 0.505. The van der Waals surface area contributed by atoms with Gasteiger partial charge in [-0.1, -0.05) is 12.5 Å². The van der Waals surface area contributed by atoms with Gasteiger partial charge in [0.2, 0.25) is 0 Å². The molecule has 0 aromatic heterocycles. The second-order valence-electron chi connectivity index (χ2n) is 3.77. The van der Waals surface area contributed by atoms with E-state index in [0.29, 0.717) is 12.0 Å². The van der Waals surface area contributed by atoms with Gasteiger partial charge in [0.05, 0.1) is 6.10 Å². The second-order valence-corrected chi connectivity index (χ2v) is 3.77. The fourth-order valence-electron chi connectivity index (χ4n) is 1.95. The van der Waals surface area contributed by atoms with Crippen LogP contribution in [-0.2, 0) is 4.74 Å². The van der Waals surface area contributed by atoms with E-state index in [1.54, 1.807) is 0 Å². The molecule has 1 aliphatic carbocycles. The summed E-state index contributed by atoms with van der Waals surface area (Å²) in [5, 5.41) is 0. The molecule has 0 spiro atoms. The third-order valence-corrected chi connectivity index (χ3v) is 2.78. The molecule has 0 amide bonds. The van der Waals surface area contributed by atoms with Crippen molar-refractivity contribution in [1.29, 1.82) is 0 Å². The molecule has 0 aromatic rings. The highest BCUT2D eigenvalue weighted by atomic mass is 16.5. The van der Waals surface area contributed by atoms with Crippen LogP contribution >= 0.6 is 0 Å². The third kappa shape index (κ3) is 3.49. The maximum absolute atomic E-state index is 5.78. The smallest absolute Gasteiger partial charge is 0.0615 e. The van der Waals surface area contributed by atoms with Gasteiger partial charge in [-0.25, -0.2) is 0 Å². The zero-order valence-corrected chi connectivity index (χ0v) is 8.37. The lowest BCUT2D eigenvalue weighted by molar-refractivity contribution is 0.0292. The Kier molecular flexibility index (Phi) is 5.09. The van der Waals surface area contributed by atoms with E-state index in [-0.39, 0.29) is 0 Å². The minimum Gasteiger partial charge on any atom is -0.378 e. The third-order valence-electron chi connectivity index (χ3n) is 2.78. The summed E-state index contributed by atoms with van der Waals surface area (Å²) in [4.78, 5) is 0. The van der Waals surface area contributed by atoms with Gasteiger partial charge >= 0.3 is 0 Å². The van der Waals surface area contributed by atoms with E-state index in [1.807, 2.05) is 6.08 Å². The zero-order valence-electron chi connectivity index (χ0n) is 8.37. The van der Waals surface area contributed by atoms with Gasteiger partial charge in [-0.05, 0) is 38.1 Å². The summed E-state index contributed by atoms with van der Waals surface area (Å²) in [6, 6.07) is 0. The van der Waals surface area contributed by atoms with Crippen molar-refractivity contribution in [2.45, 2.75) is 38.2 Å². The summed E-state index contributed by atoms with van der Waals surface area (Å²) in [6.07, 6.45) is 8.28. The van der Waals surface area contributed by atoms with Crippen LogP contribution in [0.5, 0.6) is 0 Å². The van der Waals surface area contributed by atoms with Gasteiger partial charge in [0.15, 0.2) is 0 Å². The first-order valence-corrected chi connectivity index (χ1v) is 5.31. The van der Waals surface area contributed by atoms with E-state index in [4.69, 9.17) is 10.5 Å². The zero-order chi connectivity index (χ0) is 9.52. The van der Waals surface area contributed by atoms with Crippen molar-refractivity contribution in [2.75, 3.05) is 13.2 Å². The molecule has 0 bridgehead atoms. The predicted octanol–water partition coefficient (Wildman–Crippen LogP) is 2.10. The average Bonchev–Trinajstić information content (AvgIpc) is 2.60. The summed E-state index contributed by atoms with van der Waals surface area (Å²) in [5.74, 6) is 0.615. The average molecular weight is 183 g/mol. The summed E-state index contributed by atoms with van der Waals surface area (Å²) < 4.78 is 5.78. The SMILES string of the molecule is C=CCCCOC1CCCC1CN. The summed E-state index contributed by atoms with van der Waals surface area (Å²) in [7, 11) is 0. The highest BCUT2D eigenvalue weighted by molar-refractivity contribution is 4.78. The molecule has 1 saturated carbocycles. The van der Waals surface area contributed by atoms with Crippen molar-refractivity contribution in [3.05, 3.63) is 12.7 Å². The Balaban J connectivity index is 2.09. The van der Waals surface area contributed by atoms with Crippen molar-refractivity contribution < 1.29 is 4.74 Å². The van der Waals surface area contributed by atoms with Crippen LogP contribution in [0.25, 0.3) is 0 Å². The Morgan fingerprint density at radius 3 is 3.00 bits per heavy atom. The van der Waals surface area contributed by atoms with E-state index in [9.17, 15) is 0 Å². The first-order chi connectivity index (χ1) is 6.38. The number of hydrogen-bond acceptors (Lipinski definition) is 2. The van der Waals surface area contributed by atoms with Gasteiger partial charge in [-0.2, -0.15) is 0 Å². The van der Waals surface area contributed by atoms with Crippen molar-refractivity contribution >= 4 is 0 Å². The molecule has 76 valence electrons. The molecule has 1 rings (SSSR count). The van der Waals surface area contributed by atoms with Crippen molar-refractivity contribution in [1.82, 2.24) is 0 Å². The van der Waals surface area contributed by atoms with Crippen LogP contribution in [0.15, 0.2) is 12.7 Å². The molecule has 2 N–H and O–H groups in total. The normalized spacial score (nSPS) is 27.8. The van der Waals surface area contributed by atoms with Gasteiger partial charge in [0.1, 0.15) is 0 Å². The van der Waals surface area contributed by atoms with Crippen LogP contribution in [0.4, 0.5) is 0 Å². The standard InChI is InChI=1S/C11H21NO/c1-2-3-4-8-13-11-7-5-6-10(11)9-12/h2,10-11H,1,3-9,12H2. The number of ether oxygens (including phenoxy) is 1. The van der Waals surface area contributed by atoms with Gasteiger partial charge in [0.25, 0.3) is 0 Å². The molecule has 0 aromatic carbocycles. The Hall–Kier alpha value is -0.340.